The van der Waals surface area contributed by atoms with Crippen molar-refractivity contribution in [1.29, 1.82) is 0 Å². The van der Waals surface area contributed by atoms with Gasteiger partial charge in [-0.2, -0.15) is 0 Å². The maximum absolute atomic E-state index is 12.5. The molecular formula is C19H21NO. The quantitative estimate of drug-likeness (QED) is 0.837. The number of benzene rings is 2. The highest BCUT2D eigenvalue weighted by molar-refractivity contribution is 5.82. The molecular weight excluding hydrogens is 258 g/mol. The fraction of sp³-hybridized carbons (Fsp3) is 0.316. The van der Waals surface area contributed by atoms with Gasteiger partial charge in [-0.05, 0) is 29.0 Å². The maximum Gasteiger partial charge on any atom is 0.227 e. The number of rotatable bonds is 3. The normalized spacial score (nSPS) is 18.0. The largest absolute Gasteiger partial charge is 0.342 e. The van der Waals surface area contributed by atoms with Crippen LogP contribution in [-0.2, 0) is 11.2 Å². The van der Waals surface area contributed by atoms with E-state index in [4.69, 9.17) is 0 Å². The molecule has 1 heterocycles. The third-order valence-electron chi connectivity index (χ3n) is 4.22. The lowest BCUT2D eigenvalue weighted by atomic mass is 9.97. The second-order valence-electron chi connectivity index (χ2n) is 5.93. The summed E-state index contributed by atoms with van der Waals surface area (Å²) in [5.74, 6) is 0.890. The molecule has 1 amide bonds. The van der Waals surface area contributed by atoms with Gasteiger partial charge in [0.25, 0.3) is 0 Å². The summed E-state index contributed by atoms with van der Waals surface area (Å²) < 4.78 is 0. The van der Waals surface area contributed by atoms with Gasteiger partial charge < -0.3 is 4.90 Å². The van der Waals surface area contributed by atoms with Gasteiger partial charge in [-0.15, -0.1) is 0 Å². The van der Waals surface area contributed by atoms with Gasteiger partial charge in [0.1, 0.15) is 0 Å². The number of carbonyl (C=O) groups is 1. The second-order valence-corrected chi connectivity index (χ2v) is 5.93. The Balaban J connectivity index is 1.81. The van der Waals surface area contributed by atoms with E-state index in [0.717, 1.165) is 25.1 Å². The number of nitrogens with zero attached hydrogens (tertiary/aromatic N) is 1. The van der Waals surface area contributed by atoms with E-state index in [1.165, 1.54) is 11.1 Å². The van der Waals surface area contributed by atoms with Crippen molar-refractivity contribution < 1.29 is 4.79 Å². The smallest absolute Gasteiger partial charge is 0.227 e. The summed E-state index contributed by atoms with van der Waals surface area (Å²) in [6.07, 6.45) is 1.63. The van der Waals surface area contributed by atoms with E-state index in [2.05, 4.69) is 31.2 Å². The zero-order valence-electron chi connectivity index (χ0n) is 12.5. The Bertz CT molecular complexity index is 620. The van der Waals surface area contributed by atoms with Crippen molar-refractivity contribution in [3.8, 4) is 11.1 Å². The van der Waals surface area contributed by atoms with E-state index in [0.29, 0.717) is 12.3 Å². The first-order chi connectivity index (χ1) is 10.2. The van der Waals surface area contributed by atoms with Gasteiger partial charge in [-0.3, -0.25) is 4.79 Å². The minimum Gasteiger partial charge on any atom is -0.342 e. The minimum atomic E-state index is 0.253. The van der Waals surface area contributed by atoms with Crippen LogP contribution in [0, 0.1) is 5.92 Å². The first kappa shape index (κ1) is 13.9. The van der Waals surface area contributed by atoms with E-state index in [9.17, 15) is 4.79 Å². The Kier molecular flexibility index (Phi) is 4.05. The van der Waals surface area contributed by atoms with E-state index in [1.807, 2.05) is 35.2 Å². The average Bonchev–Trinajstić information content (AvgIpc) is 2.95. The van der Waals surface area contributed by atoms with Gasteiger partial charge >= 0.3 is 0 Å². The molecule has 2 heteroatoms. The van der Waals surface area contributed by atoms with Crippen LogP contribution < -0.4 is 0 Å². The van der Waals surface area contributed by atoms with Crippen molar-refractivity contribution in [2.45, 2.75) is 19.8 Å². The minimum absolute atomic E-state index is 0.253. The highest BCUT2D eigenvalue weighted by Gasteiger charge is 2.23. The Morgan fingerprint density at radius 2 is 1.81 bits per heavy atom. The second kappa shape index (κ2) is 6.13. The maximum atomic E-state index is 12.5. The van der Waals surface area contributed by atoms with Crippen LogP contribution in [0.15, 0.2) is 54.6 Å². The molecule has 0 aliphatic carbocycles. The van der Waals surface area contributed by atoms with Crippen LogP contribution in [0.2, 0.25) is 0 Å². The lowest BCUT2D eigenvalue weighted by Gasteiger charge is -2.17. The summed E-state index contributed by atoms with van der Waals surface area (Å²) in [6.45, 7) is 4.03. The summed E-state index contributed by atoms with van der Waals surface area (Å²) in [5, 5.41) is 0. The van der Waals surface area contributed by atoms with Crippen molar-refractivity contribution in [1.82, 2.24) is 4.90 Å². The van der Waals surface area contributed by atoms with Crippen LogP contribution in [-0.4, -0.2) is 23.9 Å². The summed E-state index contributed by atoms with van der Waals surface area (Å²) in [5.41, 5.74) is 3.46. The van der Waals surface area contributed by atoms with Crippen molar-refractivity contribution >= 4 is 5.91 Å². The predicted octanol–water partition coefficient (Wildman–Crippen LogP) is 3.76. The fourth-order valence-electron chi connectivity index (χ4n) is 3.01. The molecule has 0 aromatic heterocycles. The Morgan fingerprint density at radius 3 is 2.52 bits per heavy atom. The predicted molar refractivity (Wildman–Crippen MR) is 85.9 cm³/mol. The molecule has 1 fully saturated rings. The van der Waals surface area contributed by atoms with Gasteiger partial charge in [-0.1, -0.05) is 61.5 Å². The summed E-state index contributed by atoms with van der Waals surface area (Å²) >= 11 is 0. The van der Waals surface area contributed by atoms with E-state index >= 15 is 0 Å². The Morgan fingerprint density at radius 1 is 1.10 bits per heavy atom. The van der Waals surface area contributed by atoms with Crippen LogP contribution in [0.1, 0.15) is 18.9 Å². The molecule has 1 saturated heterocycles. The topological polar surface area (TPSA) is 20.3 Å². The molecule has 0 N–H and O–H groups in total. The van der Waals surface area contributed by atoms with Gasteiger partial charge in [0.15, 0.2) is 0 Å². The van der Waals surface area contributed by atoms with Crippen LogP contribution in [0.25, 0.3) is 11.1 Å². The molecule has 1 aliphatic rings. The number of likely N-dealkylation sites (tertiary alicyclic amines) is 1. The molecule has 2 nitrogen and oxygen atoms in total. The molecule has 0 spiro atoms. The summed E-state index contributed by atoms with van der Waals surface area (Å²) in [6, 6.07) is 18.5. The Hall–Kier alpha value is -2.09. The van der Waals surface area contributed by atoms with E-state index in [1.54, 1.807) is 0 Å². The fourth-order valence-corrected chi connectivity index (χ4v) is 3.01. The molecule has 0 radical (unpaired) electrons. The van der Waals surface area contributed by atoms with Crippen molar-refractivity contribution in [3.05, 3.63) is 60.2 Å². The zero-order chi connectivity index (χ0) is 14.7. The molecule has 1 aliphatic heterocycles. The highest BCUT2D eigenvalue weighted by Crippen LogP contribution is 2.25. The number of amides is 1. The zero-order valence-corrected chi connectivity index (χ0v) is 12.5. The van der Waals surface area contributed by atoms with Crippen molar-refractivity contribution in [2.24, 2.45) is 5.92 Å². The Labute approximate surface area is 126 Å². The third kappa shape index (κ3) is 3.15. The first-order valence-electron chi connectivity index (χ1n) is 7.65. The van der Waals surface area contributed by atoms with Gasteiger partial charge in [0.05, 0.1) is 6.42 Å². The number of hydrogen-bond donors (Lipinski definition) is 0. The average molecular weight is 279 g/mol. The molecule has 108 valence electrons. The van der Waals surface area contributed by atoms with Crippen molar-refractivity contribution in [3.63, 3.8) is 0 Å². The highest BCUT2D eigenvalue weighted by atomic mass is 16.2. The monoisotopic (exact) mass is 279 g/mol. The summed E-state index contributed by atoms with van der Waals surface area (Å²) in [7, 11) is 0. The molecule has 3 rings (SSSR count). The molecule has 2 aromatic rings. The molecule has 0 bridgehead atoms. The third-order valence-corrected chi connectivity index (χ3v) is 4.22. The van der Waals surface area contributed by atoms with Crippen LogP contribution in [0.4, 0.5) is 0 Å². The number of carbonyl (C=O) groups excluding carboxylic acids is 1. The summed E-state index contributed by atoms with van der Waals surface area (Å²) in [4.78, 5) is 14.5. The molecule has 1 unspecified atom stereocenters. The molecule has 1 atom stereocenters. The first-order valence-corrected chi connectivity index (χ1v) is 7.65. The lowest BCUT2D eigenvalue weighted by molar-refractivity contribution is -0.129. The van der Waals surface area contributed by atoms with Gasteiger partial charge in [-0.25, -0.2) is 0 Å². The van der Waals surface area contributed by atoms with Gasteiger partial charge in [0, 0.05) is 13.1 Å². The molecule has 21 heavy (non-hydrogen) atoms. The van der Waals surface area contributed by atoms with E-state index < -0.39 is 0 Å². The van der Waals surface area contributed by atoms with Crippen LogP contribution >= 0.6 is 0 Å². The van der Waals surface area contributed by atoms with E-state index in [-0.39, 0.29) is 5.91 Å². The van der Waals surface area contributed by atoms with Crippen LogP contribution in [0.5, 0.6) is 0 Å². The molecule has 2 aromatic carbocycles. The SMILES string of the molecule is CC1CCN(C(=O)Cc2ccccc2-c2ccccc2)C1. The standard InChI is InChI=1S/C19H21NO/c1-15-11-12-20(14-15)19(21)13-17-9-5-6-10-18(17)16-7-3-2-4-8-16/h2-10,15H,11-14H2,1H3. The molecule has 0 saturated carbocycles. The lowest BCUT2D eigenvalue weighted by Crippen LogP contribution is -2.30. The van der Waals surface area contributed by atoms with Gasteiger partial charge in [0.2, 0.25) is 5.91 Å². The van der Waals surface area contributed by atoms with Crippen molar-refractivity contribution in [2.75, 3.05) is 13.1 Å². The number of hydrogen-bond acceptors (Lipinski definition) is 1. The van der Waals surface area contributed by atoms with Crippen LogP contribution in [0.3, 0.4) is 0 Å².